The Morgan fingerprint density at radius 1 is 1.64 bits per heavy atom. The van der Waals surface area contributed by atoms with Crippen molar-refractivity contribution < 1.29 is 9.31 Å². The minimum absolute atomic E-state index is 0.255. The van der Waals surface area contributed by atoms with Crippen LogP contribution in [0.25, 0.3) is 0 Å². The number of rotatable bonds is 3. The lowest BCUT2D eigenvalue weighted by molar-refractivity contribution is -0.385. The fourth-order valence-electron chi connectivity index (χ4n) is 1.15. The van der Waals surface area contributed by atoms with Gasteiger partial charge in [-0.3, -0.25) is 10.1 Å². The molecule has 0 spiro atoms. The average Bonchev–Trinajstić information content (AvgIpc) is 2.16. The first-order valence-electron chi connectivity index (χ1n) is 4.25. The Kier molecular flexibility index (Phi) is 3.14. The number of nitrogens with two attached hydrogens (primary N) is 1. The second-order valence-corrected chi connectivity index (χ2v) is 2.98. The monoisotopic (exact) mass is 198 g/mol. The van der Waals surface area contributed by atoms with Gasteiger partial charge in [-0.1, -0.05) is 6.92 Å². The maximum absolute atomic E-state index is 13.3. The highest BCUT2D eigenvalue weighted by Gasteiger charge is 2.14. The maximum Gasteiger partial charge on any atom is 0.272 e. The maximum atomic E-state index is 13.3. The molecule has 0 saturated carbocycles. The van der Waals surface area contributed by atoms with Gasteiger partial charge in [0.2, 0.25) is 0 Å². The van der Waals surface area contributed by atoms with Crippen LogP contribution in [-0.2, 0) is 0 Å². The van der Waals surface area contributed by atoms with E-state index < -0.39 is 16.8 Å². The first-order chi connectivity index (χ1) is 6.56. The van der Waals surface area contributed by atoms with Gasteiger partial charge >= 0.3 is 0 Å². The van der Waals surface area contributed by atoms with Gasteiger partial charge in [-0.2, -0.15) is 0 Å². The number of halogens is 1. The van der Waals surface area contributed by atoms with Crippen LogP contribution in [0.5, 0.6) is 0 Å². The highest BCUT2D eigenvalue weighted by atomic mass is 19.1. The summed E-state index contributed by atoms with van der Waals surface area (Å²) in [7, 11) is 0. The van der Waals surface area contributed by atoms with Gasteiger partial charge in [-0.25, -0.2) is 4.39 Å². The van der Waals surface area contributed by atoms with E-state index in [-0.39, 0.29) is 5.69 Å². The van der Waals surface area contributed by atoms with Crippen LogP contribution in [0.4, 0.5) is 10.1 Å². The number of nitro groups is 1. The van der Waals surface area contributed by atoms with Gasteiger partial charge in [0.05, 0.1) is 11.0 Å². The van der Waals surface area contributed by atoms with Crippen LogP contribution < -0.4 is 5.73 Å². The van der Waals surface area contributed by atoms with E-state index in [1.807, 2.05) is 6.92 Å². The molecule has 0 heterocycles. The number of nitro benzene ring substituents is 1. The molecular formula is C9H11FN2O2. The van der Waals surface area contributed by atoms with Crippen molar-refractivity contribution in [1.82, 2.24) is 0 Å². The minimum Gasteiger partial charge on any atom is -0.324 e. The summed E-state index contributed by atoms with van der Waals surface area (Å²) < 4.78 is 13.3. The van der Waals surface area contributed by atoms with Crippen molar-refractivity contribution in [1.29, 1.82) is 0 Å². The third-order valence-electron chi connectivity index (χ3n) is 2.03. The molecule has 0 unspecified atom stereocenters. The lowest BCUT2D eigenvalue weighted by Crippen LogP contribution is -2.10. The third-order valence-corrected chi connectivity index (χ3v) is 2.03. The first kappa shape index (κ1) is 10.6. The Balaban J connectivity index is 3.07. The fraction of sp³-hybridized carbons (Fsp3) is 0.333. The molecule has 1 rings (SSSR count). The summed E-state index contributed by atoms with van der Waals surface area (Å²) in [6, 6.07) is 3.11. The summed E-state index contributed by atoms with van der Waals surface area (Å²) in [5.74, 6) is -0.617. The lowest BCUT2D eigenvalue weighted by Gasteiger charge is -2.09. The molecule has 76 valence electrons. The fourth-order valence-corrected chi connectivity index (χ4v) is 1.15. The molecule has 1 aromatic rings. The Labute approximate surface area is 80.7 Å². The Morgan fingerprint density at radius 2 is 2.29 bits per heavy atom. The number of hydrogen-bond donors (Lipinski definition) is 1. The van der Waals surface area contributed by atoms with E-state index in [9.17, 15) is 14.5 Å². The average molecular weight is 198 g/mol. The van der Waals surface area contributed by atoms with Crippen LogP contribution in [0.2, 0.25) is 0 Å². The van der Waals surface area contributed by atoms with Gasteiger partial charge < -0.3 is 5.73 Å². The second-order valence-electron chi connectivity index (χ2n) is 2.98. The predicted octanol–water partition coefficient (Wildman–Crippen LogP) is 2.14. The van der Waals surface area contributed by atoms with Crippen LogP contribution in [-0.4, -0.2) is 4.92 Å². The van der Waals surface area contributed by atoms with E-state index in [0.717, 1.165) is 6.07 Å². The summed E-state index contributed by atoms with van der Waals surface area (Å²) in [6.07, 6.45) is 0.592. The molecule has 4 nitrogen and oxygen atoms in total. The smallest absolute Gasteiger partial charge is 0.272 e. The normalized spacial score (nSPS) is 12.5. The Morgan fingerprint density at radius 3 is 2.71 bits per heavy atom. The number of non-ortho nitro benzene ring substituents is 1. The Bertz CT molecular complexity index is 355. The lowest BCUT2D eigenvalue weighted by atomic mass is 10.0. The number of hydrogen-bond acceptors (Lipinski definition) is 3. The minimum atomic E-state index is -0.635. The van der Waals surface area contributed by atoms with Crippen LogP contribution in [0.15, 0.2) is 18.2 Å². The van der Waals surface area contributed by atoms with Crippen LogP contribution in [0.1, 0.15) is 24.9 Å². The van der Waals surface area contributed by atoms with Crippen molar-refractivity contribution >= 4 is 5.69 Å². The summed E-state index contributed by atoms with van der Waals surface area (Å²) in [6.45, 7) is 1.82. The van der Waals surface area contributed by atoms with E-state index >= 15 is 0 Å². The van der Waals surface area contributed by atoms with Gasteiger partial charge in [0.15, 0.2) is 0 Å². The van der Waals surface area contributed by atoms with Crippen molar-refractivity contribution in [3.63, 3.8) is 0 Å². The number of nitrogens with zero attached hydrogens (tertiary/aromatic N) is 1. The van der Waals surface area contributed by atoms with E-state index in [1.54, 1.807) is 0 Å². The van der Waals surface area contributed by atoms with E-state index in [4.69, 9.17) is 5.73 Å². The third kappa shape index (κ3) is 2.05. The molecule has 0 bridgehead atoms. The van der Waals surface area contributed by atoms with Gasteiger partial charge in [0.25, 0.3) is 5.69 Å². The molecule has 1 aromatic carbocycles. The van der Waals surface area contributed by atoms with Crippen molar-refractivity contribution in [2.24, 2.45) is 5.73 Å². The highest BCUT2D eigenvalue weighted by Crippen LogP contribution is 2.21. The van der Waals surface area contributed by atoms with Crippen molar-refractivity contribution in [2.45, 2.75) is 19.4 Å². The molecule has 5 heteroatoms. The molecule has 0 fully saturated rings. The van der Waals surface area contributed by atoms with Gasteiger partial charge in [0.1, 0.15) is 5.82 Å². The van der Waals surface area contributed by atoms with Gasteiger partial charge in [-0.15, -0.1) is 0 Å². The summed E-state index contributed by atoms with van der Waals surface area (Å²) in [5, 5.41) is 10.3. The van der Waals surface area contributed by atoms with E-state index in [0.29, 0.717) is 12.0 Å². The van der Waals surface area contributed by atoms with E-state index in [1.165, 1.54) is 12.1 Å². The molecule has 0 aliphatic carbocycles. The van der Waals surface area contributed by atoms with E-state index in [2.05, 4.69) is 0 Å². The van der Waals surface area contributed by atoms with Crippen LogP contribution >= 0.6 is 0 Å². The zero-order valence-corrected chi connectivity index (χ0v) is 7.74. The molecule has 0 radical (unpaired) electrons. The Hall–Kier alpha value is -1.49. The SMILES string of the molecule is CC[C@H](N)c1ccc([N+](=O)[O-])cc1F. The molecule has 14 heavy (non-hydrogen) atoms. The zero-order valence-electron chi connectivity index (χ0n) is 7.74. The zero-order chi connectivity index (χ0) is 10.7. The molecule has 0 aromatic heterocycles. The molecule has 1 atom stereocenters. The topological polar surface area (TPSA) is 69.2 Å². The standard InChI is InChI=1S/C9H11FN2O2/c1-2-9(11)7-4-3-6(12(13)14)5-8(7)10/h3-5,9H,2,11H2,1H3/t9-/m0/s1. The largest absolute Gasteiger partial charge is 0.324 e. The molecular weight excluding hydrogens is 187 g/mol. The van der Waals surface area contributed by atoms with Gasteiger partial charge in [-0.05, 0) is 12.5 Å². The molecule has 0 saturated heterocycles. The summed E-state index contributed by atoms with van der Waals surface area (Å²) in [5.41, 5.74) is 5.67. The van der Waals surface area contributed by atoms with Crippen LogP contribution in [0.3, 0.4) is 0 Å². The first-order valence-corrected chi connectivity index (χ1v) is 4.25. The predicted molar refractivity (Wildman–Crippen MR) is 50.3 cm³/mol. The molecule has 2 N–H and O–H groups in total. The van der Waals surface area contributed by atoms with Crippen molar-refractivity contribution in [2.75, 3.05) is 0 Å². The number of benzene rings is 1. The molecule has 0 aliphatic rings. The second kappa shape index (κ2) is 4.15. The molecule has 0 aliphatic heterocycles. The highest BCUT2D eigenvalue weighted by molar-refractivity contribution is 5.35. The molecule has 0 amide bonds. The van der Waals surface area contributed by atoms with Crippen LogP contribution in [0, 0.1) is 15.9 Å². The quantitative estimate of drug-likeness (QED) is 0.597. The summed E-state index contributed by atoms with van der Waals surface area (Å²) >= 11 is 0. The van der Waals surface area contributed by atoms with Crippen molar-refractivity contribution in [3.05, 3.63) is 39.7 Å². The summed E-state index contributed by atoms with van der Waals surface area (Å²) in [4.78, 5) is 9.68. The van der Waals surface area contributed by atoms with Gasteiger partial charge in [0, 0.05) is 17.7 Å². The van der Waals surface area contributed by atoms with Crippen molar-refractivity contribution in [3.8, 4) is 0 Å².